The SMILES string of the molecule is CC(C)(C)c1ccc(NC(=O)c2c[nH]c3cccc(O)c3c2=O)cc1F. The number of anilines is 1. The summed E-state index contributed by atoms with van der Waals surface area (Å²) in [4.78, 5) is 27.8. The Hall–Kier alpha value is -3.15. The van der Waals surface area contributed by atoms with E-state index >= 15 is 0 Å². The van der Waals surface area contributed by atoms with Crippen molar-refractivity contribution in [3.8, 4) is 5.75 Å². The van der Waals surface area contributed by atoms with Crippen molar-refractivity contribution in [3.63, 3.8) is 0 Å². The maximum absolute atomic E-state index is 14.3. The zero-order valence-electron chi connectivity index (χ0n) is 14.7. The number of H-pyrrole nitrogens is 1. The molecule has 0 aliphatic carbocycles. The number of amides is 1. The van der Waals surface area contributed by atoms with E-state index in [0.29, 0.717) is 11.1 Å². The summed E-state index contributed by atoms with van der Waals surface area (Å²) in [5.74, 6) is -1.32. The molecule has 0 bridgehead atoms. The molecule has 0 spiro atoms. The quantitative estimate of drug-likeness (QED) is 0.652. The Kier molecular flexibility index (Phi) is 4.28. The van der Waals surface area contributed by atoms with E-state index in [1.54, 1.807) is 24.3 Å². The molecule has 6 heteroatoms. The molecule has 26 heavy (non-hydrogen) atoms. The molecule has 0 saturated carbocycles. The van der Waals surface area contributed by atoms with Crippen LogP contribution in [0.1, 0.15) is 36.7 Å². The number of aromatic nitrogens is 1. The van der Waals surface area contributed by atoms with Crippen molar-refractivity contribution >= 4 is 22.5 Å². The summed E-state index contributed by atoms with van der Waals surface area (Å²) < 4.78 is 14.3. The first kappa shape index (κ1) is 17.7. The summed E-state index contributed by atoms with van der Waals surface area (Å²) in [6.07, 6.45) is 1.28. The molecule has 3 rings (SSSR count). The van der Waals surface area contributed by atoms with E-state index in [-0.39, 0.29) is 27.8 Å². The van der Waals surface area contributed by atoms with Gasteiger partial charge in [-0.1, -0.05) is 32.9 Å². The number of phenolic OH excluding ortho intramolecular Hbond substituents is 1. The zero-order chi connectivity index (χ0) is 19.1. The van der Waals surface area contributed by atoms with E-state index in [2.05, 4.69) is 10.3 Å². The minimum atomic E-state index is -0.681. The number of hydrogen-bond donors (Lipinski definition) is 3. The van der Waals surface area contributed by atoms with E-state index in [1.165, 1.54) is 18.3 Å². The van der Waals surface area contributed by atoms with E-state index in [1.807, 2.05) is 20.8 Å². The number of aromatic hydroxyl groups is 1. The second-order valence-corrected chi connectivity index (χ2v) is 7.13. The Labute approximate surface area is 149 Å². The largest absolute Gasteiger partial charge is 0.507 e. The van der Waals surface area contributed by atoms with Gasteiger partial charge in [-0.3, -0.25) is 9.59 Å². The molecule has 0 radical (unpaired) electrons. The number of nitrogens with one attached hydrogen (secondary N) is 2. The van der Waals surface area contributed by atoms with Gasteiger partial charge in [-0.2, -0.15) is 0 Å². The number of hydrogen-bond acceptors (Lipinski definition) is 3. The van der Waals surface area contributed by atoms with Gasteiger partial charge in [0.05, 0.1) is 10.9 Å². The van der Waals surface area contributed by atoms with Crippen molar-refractivity contribution in [1.29, 1.82) is 0 Å². The van der Waals surface area contributed by atoms with Crippen molar-refractivity contribution in [2.45, 2.75) is 26.2 Å². The van der Waals surface area contributed by atoms with Gasteiger partial charge >= 0.3 is 0 Å². The lowest BCUT2D eigenvalue weighted by Gasteiger charge is -2.20. The van der Waals surface area contributed by atoms with Gasteiger partial charge in [0.15, 0.2) is 0 Å². The van der Waals surface area contributed by atoms with E-state index < -0.39 is 17.2 Å². The van der Waals surface area contributed by atoms with Crippen LogP contribution in [-0.4, -0.2) is 16.0 Å². The average molecular weight is 354 g/mol. The predicted octanol–water partition coefficient (Wildman–Crippen LogP) is 3.92. The molecule has 0 unspecified atom stereocenters. The van der Waals surface area contributed by atoms with E-state index in [4.69, 9.17) is 0 Å². The molecule has 134 valence electrons. The second-order valence-electron chi connectivity index (χ2n) is 7.13. The van der Waals surface area contributed by atoms with Crippen LogP contribution in [0.4, 0.5) is 10.1 Å². The molecule has 1 aromatic heterocycles. The van der Waals surface area contributed by atoms with Gasteiger partial charge in [0.25, 0.3) is 5.91 Å². The first-order valence-electron chi connectivity index (χ1n) is 8.13. The van der Waals surface area contributed by atoms with Gasteiger partial charge in [0, 0.05) is 11.9 Å². The molecule has 3 aromatic rings. The number of carbonyl (C=O) groups excluding carboxylic acids is 1. The summed E-state index contributed by atoms with van der Waals surface area (Å²) in [6.45, 7) is 5.68. The molecule has 1 heterocycles. The molecule has 0 atom stereocenters. The molecule has 1 amide bonds. The minimum absolute atomic E-state index is 0.0365. The van der Waals surface area contributed by atoms with Crippen LogP contribution in [0.2, 0.25) is 0 Å². The predicted molar refractivity (Wildman–Crippen MR) is 99.3 cm³/mol. The number of pyridine rings is 1. The normalized spacial score (nSPS) is 11.5. The lowest BCUT2D eigenvalue weighted by Crippen LogP contribution is -2.22. The molecular weight excluding hydrogens is 335 g/mol. The number of halogens is 1. The van der Waals surface area contributed by atoms with Crippen molar-refractivity contribution in [1.82, 2.24) is 4.98 Å². The Morgan fingerprint density at radius 1 is 1.19 bits per heavy atom. The summed E-state index contributed by atoms with van der Waals surface area (Å²) >= 11 is 0. The Bertz CT molecular complexity index is 1060. The molecule has 0 aliphatic heterocycles. The van der Waals surface area contributed by atoms with Gasteiger partial charge in [-0.25, -0.2) is 4.39 Å². The zero-order valence-corrected chi connectivity index (χ0v) is 14.7. The van der Waals surface area contributed by atoms with Crippen molar-refractivity contribution in [2.75, 3.05) is 5.32 Å². The topological polar surface area (TPSA) is 82.2 Å². The third-order valence-corrected chi connectivity index (χ3v) is 4.17. The molecule has 0 fully saturated rings. The molecule has 0 aliphatic rings. The second kappa shape index (κ2) is 6.29. The highest BCUT2D eigenvalue weighted by atomic mass is 19.1. The highest BCUT2D eigenvalue weighted by Crippen LogP contribution is 2.27. The fraction of sp³-hybridized carbons (Fsp3) is 0.200. The average Bonchev–Trinajstić information content (AvgIpc) is 2.53. The van der Waals surface area contributed by atoms with E-state index in [9.17, 15) is 19.1 Å². The third kappa shape index (κ3) is 3.18. The number of aromatic amines is 1. The highest BCUT2D eigenvalue weighted by Gasteiger charge is 2.20. The smallest absolute Gasteiger partial charge is 0.261 e. The van der Waals surface area contributed by atoms with Crippen LogP contribution in [0.3, 0.4) is 0 Å². The lowest BCUT2D eigenvalue weighted by atomic mass is 9.86. The number of benzene rings is 2. The van der Waals surface area contributed by atoms with Crippen LogP contribution >= 0.6 is 0 Å². The summed E-state index contributed by atoms with van der Waals surface area (Å²) in [7, 11) is 0. The van der Waals surface area contributed by atoms with Gasteiger partial charge in [-0.15, -0.1) is 0 Å². The first-order chi connectivity index (χ1) is 12.2. The van der Waals surface area contributed by atoms with Gasteiger partial charge in [0.1, 0.15) is 17.1 Å². The third-order valence-electron chi connectivity index (χ3n) is 4.17. The van der Waals surface area contributed by atoms with Crippen molar-refractivity contribution < 1.29 is 14.3 Å². The van der Waals surface area contributed by atoms with Crippen LogP contribution in [-0.2, 0) is 5.41 Å². The number of phenols is 1. The number of rotatable bonds is 2. The first-order valence-corrected chi connectivity index (χ1v) is 8.13. The summed E-state index contributed by atoms with van der Waals surface area (Å²) in [5, 5.41) is 12.4. The maximum Gasteiger partial charge on any atom is 0.261 e. The van der Waals surface area contributed by atoms with Crippen LogP contribution in [0.15, 0.2) is 47.4 Å². The summed E-state index contributed by atoms with van der Waals surface area (Å²) in [5.41, 5.74) is 0.0773. The Morgan fingerprint density at radius 2 is 1.92 bits per heavy atom. The fourth-order valence-electron chi connectivity index (χ4n) is 2.82. The van der Waals surface area contributed by atoms with Gasteiger partial charge < -0.3 is 15.4 Å². The van der Waals surface area contributed by atoms with Gasteiger partial charge in [0.2, 0.25) is 5.43 Å². The number of fused-ring (bicyclic) bond motifs is 1. The lowest BCUT2D eigenvalue weighted by molar-refractivity contribution is 0.102. The van der Waals surface area contributed by atoms with Crippen molar-refractivity contribution in [2.24, 2.45) is 0 Å². The van der Waals surface area contributed by atoms with E-state index in [0.717, 1.165) is 0 Å². The van der Waals surface area contributed by atoms with Crippen LogP contribution in [0.25, 0.3) is 10.9 Å². The highest BCUT2D eigenvalue weighted by molar-refractivity contribution is 6.06. The Balaban J connectivity index is 1.95. The van der Waals surface area contributed by atoms with Crippen LogP contribution in [0.5, 0.6) is 5.75 Å². The Morgan fingerprint density at radius 3 is 2.58 bits per heavy atom. The van der Waals surface area contributed by atoms with Crippen molar-refractivity contribution in [3.05, 3.63) is 69.8 Å². The standard InChI is InChI=1S/C20H19FN2O3/c1-20(2,3)13-8-7-11(9-14(13)21)23-19(26)12-10-22-15-5-4-6-16(24)17(15)18(12)25/h4-10,24H,1-3H3,(H,22,25)(H,23,26). The molecule has 3 N–H and O–H groups in total. The monoisotopic (exact) mass is 354 g/mol. The molecule has 5 nitrogen and oxygen atoms in total. The molecule has 0 saturated heterocycles. The van der Waals surface area contributed by atoms with Crippen LogP contribution in [0, 0.1) is 5.82 Å². The maximum atomic E-state index is 14.3. The molecule has 2 aromatic carbocycles. The summed E-state index contributed by atoms with van der Waals surface area (Å²) in [6, 6.07) is 9.02. The fourth-order valence-corrected chi connectivity index (χ4v) is 2.82. The number of carbonyl (C=O) groups is 1. The van der Waals surface area contributed by atoms with Crippen LogP contribution < -0.4 is 10.7 Å². The minimum Gasteiger partial charge on any atom is -0.507 e. The molecular formula is C20H19FN2O3. The van der Waals surface area contributed by atoms with Gasteiger partial charge in [-0.05, 0) is 35.2 Å².